The van der Waals surface area contributed by atoms with Crippen molar-refractivity contribution >= 4 is 10.4 Å². The fraction of sp³-hybridized carbons (Fsp3) is 1.00. The van der Waals surface area contributed by atoms with Crippen LogP contribution in [0.5, 0.6) is 0 Å². The molecule has 10 heteroatoms. The molecule has 9 nitrogen and oxygen atoms in total. The van der Waals surface area contributed by atoms with Crippen LogP contribution >= 0.6 is 0 Å². The van der Waals surface area contributed by atoms with Gasteiger partial charge < -0.3 is 25.5 Å². The van der Waals surface area contributed by atoms with Gasteiger partial charge in [-0.05, 0) is 0 Å². The second-order valence-corrected chi connectivity index (χ2v) is 4.49. The van der Waals surface area contributed by atoms with Gasteiger partial charge in [-0.1, -0.05) is 0 Å². The highest BCUT2D eigenvalue weighted by Gasteiger charge is 2.50. The molecule has 0 saturated heterocycles. The summed E-state index contributed by atoms with van der Waals surface area (Å²) >= 11 is 0. The molecule has 6 N–H and O–H groups in total. The molecule has 0 heterocycles. The van der Waals surface area contributed by atoms with Crippen LogP contribution in [0.1, 0.15) is 0 Å². The Morgan fingerprint density at radius 1 is 0.750 bits per heavy atom. The third-order valence-corrected chi connectivity index (χ3v) is 2.77. The van der Waals surface area contributed by atoms with Gasteiger partial charge in [0, 0.05) is 0 Å². The summed E-state index contributed by atoms with van der Waals surface area (Å²) in [5.41, 5.74) is 0. The Morgan fingerprint density at radius 3 is 1.38 bits per heavy atom. The number of aliphatic hydroxyl groups excluding tert-OH is 5. The predicted octanol–water partition coefficient (Wildman–Crippen LogP) is -4.01. The molecule has 0 aromatic rings. The molecule has 1 rings (SSSR count). The van der Waals surface area contributed by atoms with Crippen LogP contribution in [0, 0.1) is 0 Å². The zero-order chi connectivity index (χ0) is 12.7. The van der Waals surface area contributed by atoms with E-state index in [-0.39, 0.29) is 0 Å². The van der Waals surface area contributed by atoms with Gasteiger partial charge in [0.05, 0.1) is 0 Å². The van der Waals surface area contributed by atoms with E-state index in [1.54, 1.807) is 0 Å². The van der Waals surface area contributed by atoms with Gasteiger partial charge in [-0.2, -0.15) is 8.42 Å². The molecule has 1 aliphatic rings. The number of hydrogen-bond donors (Lipinski definition) is 6. The Hall–Kier alpha value is -0.330. The highest BCUT2D eigenvalue weighted by Crippen LogP contribution is 2.24. The highest BCUT2D eigenvalue weighted by molar-refractivity contribution is 7.80. The van der Waals surface area contributed by atoms with Gasteiger partial charge in [0.1, 0.15) is 36.6 Å². The summed E-state index contributed by atoms with van der Waals surface area (Å²) in [5, 5.41) is 46.0. The molecule has 0 radical (unpaired) electrons. The molecule has 0 aromatic heterocycles. The standard InChI is InChI=1S/C6H12O9S/c7-1-2(8)4(10)6(5(11)3(1)9)15-16(12,13)14/h1-11H,(H,12,13,14)/t1?,2-,3+,4-,5+,6?. The van der Waals surface area contributed by atoms with E-state index < -0.39 is 47.0 Å². The zero-order valence-electron chi connectivity index (χ0n) is 7.78. The third-order valence-electron chi connectivity index (χ3n) is 2.31. The average molecular weight is 260 g/mol. The molecule has 0 amide bonds. The molecular weight excluding hydrogens is 248 g/mol. The van der Waals surface area contributed by atoms with E-state index in [2.05, 4.69) is 4.18 Å². The maximum atomic E-state index is 10.4. The van der Waals surface area contributed by atoms with Gasteiger partial charge in [0.25, 0.3) is 0 Å². The lowest BCUT2D eigenvalue weighted by molar-refractivity contribution is -0.217. The summed E-state index contributed by atoms with van der Waals surface area (Å²) in [5.74, 6) is 0. The SMILES string of the molecule is O=S(=O)(O)OC1[C@@H](O)[C@@H](O)C(O)[C@@H](O)[C@H]1O. The Morgan fingerprint density at radius 2 is 1.06 bits per heavy atom. The first-order valence-electron chi connectivity index (χ1n) is 4.21. The van der Waals surface area contributed by atoms with E-state index in [1.807, 2.05) is 0 Å². The van der Waals surface area contributed by atoms with E-state index in [0.29, 0.717) is 0 Å². The first kappa shape index (κ1) is 13.7. The van der Waals surface area contributed by atoms with E-state index >= 15 is 0 Å². The van der Waals surface area contributed by atoms with Crippen molar-refractivity contribution in [3.63, 3.8) is 0 Å². The van der Waals surface area contributed by atoms with Crippen molar-refractivity contribution in [2.24, 2.45) is 0 Å². The lowest BCUT2D eigenvalue weighted by Gasteiger charge is -2.40. The smallest absolute Gasteiger partial charge is 0.387 e. The fourth-order valence-electron chi connectivity index (χ4n) is 1.45. The molecule has 1 fully saturated rings. The van der Waals surface area contributed by atoms with Crippen LogP contribution in [0.4, 0.5) is 0 Å². The monoisotopic (exact) mass is 260 g/mol. The quantitative estimate of drug-likeness (QED) is 0.271. The van der Waals surface area contributed by atoms with Crippen LogP contribution in [0.2, 0.25) is 0 Å². The minimum atomic E-state index is -4.98. The minimum absolute atomic E-state index is 1.86. The van der Waals surface area contributed by atoms with E-state index in [4.69, 9.17) is 9.66 Å². The average Bonchev–Trinajstić information content (AvgIpc) is 2.17. The Bertz CT molecular complexity index is 324. The van der Waals surface area contributed by atoms with Crippen molar-refractivity contribution in [1.82, 2.24) is 0 Å². The maximum absolute atomic E-state index is 10.4. The van der Waals surface area contributed by atoms with Gasteiger partial charge in [0.2, 0.25) is 0 Å². The third kappa shape index (κ3) is 2.67. The molecular formula is C6H12O9S. The number of rotatable bonds is 2. The summed E-state index contributed by atoms with van der Waals surface area (Å²) in [7, 11) is -4.98. The second-order valence-electron chi connectivity index (χ2n) is 3.44. The molecule has 1 saturated carbocycles. The Labute approximate surface area is 90.5 Å². The van der Waals surface area contributed by atoms with Crippen LogP contribution in [0.3, 0.4) is 0 Å². The lowest BCUT2D eigenvalue weighted by atomic mass is 9.85. The molecule has 16 heavy (non-hydrogen) atoms. The van der Waals surface area contributed by atoms with Crippen molar-refractivity contribution in [3.05, 3.63) is 0 Å². The summed E-state index contributed by atoms with van der Waals surface area (Å²) in [6.45, 7) is 0. The molecule has 0 bridgehead atoms. The molecule has 96 valence electrons. The summed E-state index contributed by atoms with van der Waals surface area (Å²) < 4.78 is 33.0. The van der Waals surface area contributed by atoms with E-state index in [1.165, 1.54) is 0 Å². The summed E-state index contributed by atoms with van der Waals surface area (Å²) in [6, 6.07) is 0. The topological polar surface area (TPSA) is 165 Å². The van der Waals surface area contributed by atoms with Gasteiger partial charge >= 0.3 is 10.4 Å². The molecule has 1 aliphatic carbocycles. The van der Waals surface area contributed by atoms with Crippen molar-refractivity contribution in [3.8, 4) is 0 Å². The van der Waals surface area contributed by atoms with Crippen molar-refractivity contribution in [2.75, 3.05) is 0 Å². The molecule has 6 atom stereocenters. The Kier molecular flexibility index (Phi) is 3.87. The van der Waals surface area contributed by atoms with Crippen molar-refractivity contribution < 1.29 is 42.7 Å². The van der Waals surface area contributed by atoms with Gasteiger partial charge in [-0.25, -0.2) is 4.18 Å². The van der Waals surface area contributed by atoms with Crippen molar-refractivity contribution in [1.29, 1.82) is 0 Å². The fourth-order valence-corrected chi connectivity index (χ4v) is 1.96. The molecule has 0 aromatic carbocycles. The first-order valence-corrected chi connectivity index (χ1v) is 5.57. The van der Waals surface area contributed by atoms with Crippen LogP contribution in [-0.4, -0.2) is 75.1 Å². The van der Waals surface area contributed by atoms with E-state index in [9.17, 15) is 28.8 Å². The van der Waals surface area contributed by atoms with Crippen LogP contribution in [-0.2, 0) is 14.6 Å². The lowest BCUT2D eigenvalue weighted by Crippen LogP contribution is -2.64. The van der Waals surface area contributed by atoms with Crippen LogP contribution in [0.15, 0.2) is 0 Å². The summed E-state index contributed by atoms with van der Waals surface area (Å²) in [4.78, 5) is 0. The van der Waals surface area contributed by atoms with Gasteiger partial charge in [-0.15, -0.1) is 0 Å². The second kappa shape index (κ2) is 4.50. The molecule has 0 aliphatic heterocycles. The van der Waals surface area contributed by atoms with Gasteiger partial charge in [0.15, 0.2) is 0 Å². The van der Waals surface area contributed by atoms with Crippen molar-refractivity contribution in [2.45, 2.75) is 36.6 Å². The predicted molar refractivity (Wildman–Crippen MR) is 46.5 cm³/mol. The highest BCUT2D eigenvalue weighted by atomic mass is 32.3. The molecule has 0 spiro atoms. The number of aliphatic hydroxyl groups is 5. The number of hydrogen-bond acceptors (Lipinski definition) is 8. The van der Waals surface area contributed by atoms with E-state index in [0.717, 1.165) is 0 Å². The first-order chi connectivity index (χ1) is 7.15. The van der Waals surface area contributed by atoms with Gasteiger partial charge in [-0.3, -0.25) is 4.55 Å². The molecule has 2 unspecified atom stereocenters. The zero-order valence-corrected chi connectivity index (χ0v) is 8.60. The van der Waals surface area contributed by atoms with Crippen LogP contribution < -0.4 is 0 Å². The Balaban J connectivity index is 2.91. The summed E-state index contributed by atoms with van der Waals surface area (Å²) in [6.07, 6.45) is -11.6. The largest absolute Gasteiger partial charge is 0.397 e. The normalized spacial score (nSPS) is 45.6. The minimum Gasteiger partial charge on any atom is -0.387 e. The maximum Gasteiger partial charge on any atom is 0.397 e. The van der Waals surface area contributed by atoms with Crippen LogP contribution in [0.25, 0.3) is 0 Å².